The van der Waals surface area contributed by atoms with Gasteiger partial charge in [-0.1, -0.05) is 25.1 Å². The molecule has 0 spiro atoms. The molecule has 0 saturated heterocycles. The molecule has 0 radical (unpaired) electrons. The number of aromatic amines is 2. The summed E-state index contributed by atoms with van der Waals surface area (Å²) < 4.78 is 0. The van der Waals surface area contributed by atoms with Crippen molar-refractivity contribution in [2.24, 2.45) is 0 Å². The van der Waals surface area contributed by atoms with Gasteiger partial charge in [0.15, 0.2) is 10.9 Å². The van der Waals surface area contributed by atoms with Crippen molar-refractivity contribution in [3.63, 3.8) is 0 Å². The second kappa shape index (κ2) is 6.21. The summed E-state index contributed by atoms with van der Waals surface area (Å²) >= 11 is 0. The van der Waals surface area contributed by atoms with Crippen LogP contribution in [0.4, 0.5) is 5.69 Å². The molecule has 3 aromatic carbocycles. The van der Waals surface area contributed by atoms with Gasteiger partial charge in [0, 0.05) is 30.4 Å². The first-order chi connectivity index (χ1) is 14.0. The van der Waals surface area contributed by atoms with Crippen molar-refractivity contribution >= 4 is 49.3 Å². The summed E-state index contributed by atoms with van der Waals surface area (Å²) in [6, 6.07) is 15.2. The fourth-order valence-electron chi connectivity index (χ4n) is 4.21. The predicted molar refractivity (Wildman–Crippen MR) is 121 cm³/mol. The lowest BCUT2D eigenvalue weighted by atomic mass is 10.0. The van der Waals surface area contributed by atoms with Crippen molar-refractivity contribution in [3.05, 3.63) is 74.5 Å². The van der Waals surface area contributed by atoms with E-state index in [0.717, 1.165) is 28.7 Å². The van der Waals surface area contributed by atoms with E-state index < -0.39 is 0 Å². The molecule has 0 unspecified atom stereocenters. The summed E-state index contributed by atoms with van der Waals surface area (Å²) in [4.78, 5) is 35.4. The van der Waals surface area contributed by atoms with Crippen molar-refractivity contribution < 1.29 is 0 Å². The molecule has 0 fully saturated rings. The third-order valence-electron chi connectivity index (χ3n) is 5.66. The number of pyridine rings is 2. The maximum absolute atomic E-state index is 13.5. The molecule has 0 aliphatic rings. The van der Waals surface area contributed by atoms with Crippen molar-refractivity contribution in [1.29, 1.82) is 0 Å². The van der Waals surface area contributed by atoms with Crippen LogP contribution in [0.5, 0.6) is 0 Å². The molecule has 5 nitrogen and oxygen atoms in total. The van der Waals surface area contributed by atoms with Crippen LogP contribution in [0.25, 0.3) is 43.6 Å². The van der Waals surface area contributed by atoms with Gasteiger partial charge in [-0.3, -0.25) is 9.59 Å². The lowest BCUT2D eigenvalue weighted by Gasteiger charge is -2.19. The highest BCUT2D eigenvalue weighted by Crippen LogP contribution is 2.32. The van der Waals surface area contributed by atoms with Gasteiger partial charge in [0.25, 0.3) is 0 Å². The molecule has 5 rings (SSSR count). The molecule has 0 bridgehead atoms. The molecule has 144 valence electrons. The Labute approximate surface area is 166 Å². The number of aromatic nitrogens is 2. The number of benzene rings is 3. The molecule has 0 aliphatic carbocycles. The Bertz CT molecular complexity index is 1560. The van der Waals surface area contributed by atoms with Crippen LogP contribution in [-0.2, 0) is 6.42 Å². The lowest BCUT2D eigenvalue weighted by Crippen LogP contribution is -2.17. The van der Waals surface area contributed by atoms with Crippen LogP contribution in [-0.4, -0.2) is 24.1 Å². The van der Waals surface area contributed by atoms with E-state index in [-0.39, 0.29) is 10.9 Å². The molecule has 0 atom stereocenters. The minimum absolute atomic E-state index is 0.0315. The van der Waals surface area contributed by atoms with Crippen molar-refractivity contribution in [2.45, 2.75) is 13.3 Å². The van der Waals surface area contributed by atoms with Gasteiger partial charge >= 0.3 is 0 Å². The number of hydrogen-bond acceptors (Lipinski definition) is 3. The maximum Gasteiger partial charge on any atom is 0.199 e. The van der Waals surface area contributed by atoms with Gasteiger partial charge in [-0.25, -0.2) is 0 Å². The number of nitrogens with zero attached hydrogens (tertiary/aromatic N) is 1. The summed E-state index contributed by atoms with van der Waals surface area (Å²) in [7, 11) is 3.79. The first-order valence-corrected chi connectivity index (χ1v) is 9.73. The van der Waals surface area contributed by atoms with E-state index in [4.69, 9.17) is 0 Å². The van der Waals surface area contributed by atoms with Crippen LogP contribution in [0.3, 0.4) is 0 Å². The Morgan fingerprint density at radius 2 is 1.55 bits per heavy atom. The normalized spacial score (nSPS) is 11.7. The van der Waals surface area contributed by atoms with Crippen LogP contribution in [0.15, 0.2) is 58.1 Å². The molecule has 0 aliphatic heterocycles. The van der Waals surface area contributed by atoms with Crippen LogP contribution in [0.2, 0.25) is 0 Å². The number of fused-ring (bicyclic) bond motifs is 4. The van der Waals surface area contributed by atoms with Crippen LogP contribution >= 0.6 is 0 Å². The topological polar surface area (TPSA) is 69.0 Å². The van der Waals surface area contributed by atoms with E-state index in [1.54, 1.807) is 0 Å². The minimum atomic E-state index is -0.0393. The molecule has 5 heteroatoms. The molecule has 2 heterocycles. The van der Waals surface area contributed by atoms with E-state index in [0.29, 0.717) is 32.6 Å². The first-order valence-electron chi connectivity index (χ1n) is 9.73. The Morgan fingerprint density at radius 1 is 0.793 bits per heavy atom. The van der Waals surface area contributed by atoms with Crippen LogP contribution < -0.4 is 15.8 Å². The second-order valence-corrected chi connectivity index (χ2v) is 7.65. The average molecular weight is 383 g/mol. The monoisotopic (exact) mass is 383 g/mol. The average Bonchev–Trinajstić information content (AvgIpc) is 2.72. The Balaban J connectivity index is 2.07. The summed E-state index contributed by atoms with van der Waals surface area (Å²) in [5, 5.41) is 2.45. The highest BCUT2D eigenvalue weighted by molar-refractivity contribution is 6.12. The summed E-state index contributed by atoms with van der Waals surface area (Å²) in [6.07, 6.45) is 0.891. The van der Waals surface area contributed by atoms with Crippen molar-refractivity contribution in [2.75, 3.05) is 19.0 Å². The number of nitrogens with one attached hydrogen (secondary N) is 2. The maximum atomic E-state index is 13.5. The Kier molecular flexibility index (Phi) is 3.74. The third-order valence-corrected chi connectivity index (χ3v) is 5.66. The number of H-pyrrole nitrogens is 2. The zero-order valence-electron chi connectivity index (χ0n) is 16.6. The number of anilines is 1. The lowest BCUT2D eigenvalue weighted by molar-refractivity contribution is 1.14. The van der Waals surface area contributed by atoms with Crippen molar-refractivity contribution in [1.82, 2.24) is 9.97 Å². The Morgan fingerprint density at radius 3 is 2.31 bits per heavy atom. The highest BCUT2D eigenvalue weighted by Gasteiger charge is 2.18. The smallest absolute Gasteiger partial charge is 0.199 e. The Hall–Kier alpha value is -3.60. The molecule has 0 amide bonds. The zero-order valence-corrected chi connectivity index (χ0v) is 16.6. The second-order valence-electron chi connectivity index (χ2n) is 7.65. The quantitative estimate of drug-likeness (QED) is 0.447. The van der Waals surface area contributed by atoms with Gasteiger partial charge in [-0.2, -0.15) is 0 Å². The number of hydrogen-bond donors (Lipinski definition) is 2. The molecular formula is C24H21N3O2. The van der Waals surface area contributed by atoms with Gasteiger partial charge in [0.05, 0.1) is 33.0 Å². The van der Waals surface area contributed by atoms with E-state index >= 15 is 0 Å². The fourth-order valence-corrected chi connectivity index (χ4v) is 4.21. The van der Waals surface area contributed by atoms with Gasteiger partial charge in [0.1, 0.15) is 0 Å². The zero-order chi connectivity index (χ0) is 20.3. The molecular weight excluding hydrogens is 362 g/mol. The summed E-state index contributed by atoms with van der Waals surface area (Å²) in [5.74, 6) is 0. The molecule has 0 saturated carbocycles. The summed E-state index contributed by atoms with van der Waals surface area (Å²) in [5.41, 5.74) is 4.72. The standard InChI is InChI=1S/C24H21N3O2/c1-4-13-9-10-15-18(11-13)25-19-12-16-21(22(27(2)3)20(19)24(15)29)26-17-8-6-5-7-14(17)23(16)28/h5-12H,4H2,1-3H3,(H,25,29)(H,26,28). The van der Waals surface area contributed by atoms with E-state index in [1.807, 2.05) is 67.5 Å². The number of aryl methyl sites for hydroxylation is 1. The predicted octanol–water partition coefficient (Wildman–Crippen LogP) is 4.30. The summed E-state index contributed by atoms with van der Waals surface area (Å²) in [6.45, 7) is 2.09. The van der Waals surface area contributed by atoms with E-state index in [9.17, 15) is 9.59 Å². The van der Waals surface area contributed by atoms with Gasteiger partial charge in [-0.05, 0) is 42.3 Å². The van der Waals surface area contributed by atoms with Gasteiger partial charge in [0.2, 0.25) is 0 Å². The van der Waals surface area contributed by atoms with Crippen LogP contribution in [0, 0.1) is 0 Å². The first kappa shape index (κ1) is 17.5. The van der Waals surface area contributed by atoms with Gasteiger partial charge < -0.3 is 14.9 Å². The molecule has 29 heavy (non-hydrogen) atoms. The van der Waals surface area contributed by atoms with E-state index in [1.165, 1.54) is 0 Å². The van der Waals surface area contributed by atoms with Crippen LogP contribution in [0.1, 0.15) is 12.5 Å². The molecule has 2 aromatic heterocycles. The van der Waals surface area contributed by atoms with Crippen molar-refractivity contribution in [3.8, 4) is 0 Å². The minimum Gasteiger partial charge on any atom is -0.375 e. The number of para-hydroxylation sites is 1. The van der Waals surface area contributed by atoms with Gasteiger partial charge in [-0.15, -0.1) is 0 Å². The number of rotatable bonds is 2. The largest absolute Gasteiger partial charge is 0.375 e. The fraction of sp³-hybridized carbons (Fsp3) is 0.167. The molecule has 5 aromatic rings. The highest BCUT2D eigenvalue weighted by atomic mass is 16.1. The molecule has 2 N–H and O–H groups in total. The van der Waals surface area contributed by atoms with E-state index in [2.05, 4.69) is 16.9 Å². The third kappa shape index (κ3) is 2.47. The SMILES string of the molecule is CCc1ccc2c(=O)c3c(N(C)C)c4[nH]c5ccccc5c(=O)c4cc3[nH]c2c1.